The highest BCUT2D eigenvalue weighted by Crippen LogP contribution is 2.11. The fourth-order valence-electron chi connectivity index (χ4n) is 1.75. The van der Waals surface area contributed by atoms with E-state index in [4.69, 9.17) is 0 Å². The number of rotatable bonds is 2. The van der Waals surface area contributed by atoms with E-state index in [-0.39, 0.29) is 30.4 Å². The molecule has 3 atom stereocenters. The maximum Gasteiger partial charge on any atom is 0.240 e. The molecule has 0 aliphatic carbocycles. The lowest BCUT2D eigenvalue weighted by molar-refractivity contribution is -0.133. The van der Waals surface area contributed by atoms with Crippen molar-refractivity contribution in [3.63, 3.8) is 0 Å². The van der Waals surface area contributed by atoms with Crippen LogP contribution in [0.2, 0.25) is 0 Å². The number of carbonyl (C=O) groups excluding carboxylic acids is 1. The number of sulfone groups is 1. The summed E-state index contributed by atoms with van der Waals surface area (Å²) < 4.78 is 22.7. The summed E-state index contributed by atoms with van der Waals surface area (Å²) >= 11 is 0. The smallest absolute Gasteiger partial charge is 0.240 e. The number of carbonyl (C=O) groups is 1. The van der Waals surface area contributed by atoms with Gasteiger partial charge in [0.2, 0.25) is 5.91 Å². The van der Waals surface area contributed by atoms with E-state index in [1.807, 2.05) is 13.8 Å². The van der Waals surface area contributed by atoms with Crippen molar-refractivity contribution in [1.29, 1.82) is 0 Å². The van der Waals surface area contributed by atoms with Crippen molar-refractivity contribution in [2.24, 2.45) is 0 Å². The van der Waals surface area contributed by atoms with E-state index in [1.54, 1.807) is 4.90 Å². The summed E-state index contributed by atoms with van der Waals surface area (Å²) in [6.07, 6.45) is 1.10. The summed E-state index contributed by atoms with van der Waals surface area (Å²) in [5, 5.41) is 2.31. The maximum atomic E-state index is 12.0. The van der Waals surface area contributed by atoms with Gasteiger partial charge in [0, 0.05) is 31.4 Å². The lowest BCUT2D eigenvalue weighted by Crippen LogP contribution is -2.58. The summed E-state index contributed by atoms with van der Waals surface area (Å²) in [5.41, 5.74) is 0. The third kappa shape index (κ3) is 4.12. The molecule has 1 saturated heterocycles. The average Bonchev–Trinajstić information content (AvgIpc) is 2.18. The van der Waals surface area contributed by atoms with Crippen molar-refractivity contribution in [2.45, 2.75) is 38.1 Å². The standard InChI is InChI=1S/C10H20N2O3S.ClH/c1-7-6-12(8(2)5-11-7)10(13)9(3)16(4,14)15;/h7-9,11H,5-6H2,1-4H3;1H. The van der Waals surface area contributed by atoms with Crippen LogP contribution in [-0.2, 0) is 14.6 Å². The second-order valence-electron chi connectivity index (χ2n) is 4.62. The fraction of sp³-hybridized carbons (Fsp3) is 0.900. The third-order valence-electron chi connectivity index (χ3n) is 3.04. The zero-order chi connectivity index (χ0) is 12.5. The van der Waals surface area contributed by atoms with Crippen LogP contribution in [0.3, 0.4) is 0 Å². The van der Waals surface area contributed by atoms with Crippen LogP contribution in [0.25, 0.3) is 0 Å². The Morgan fingerprint density at radius 1 is 1.41 bits per heavy atom. The van der Waals surface area contributed by atoms with Crippen LogP contribution in [-0.4, -0.2) is 55.9 Å². The molecule has 1 rings (SSSR count). The summed E-state index contributed by atoms with van der Waals surface area (Å²) in [6, 6.07) is 0.264. The Hall–Kier alpha value is -0.330. The zero-order valence-electron chi connectivity index (χ0n) is 10.6. The molecule has 1 fully saturated rings. The van der Waals surface area contributed by atoms with Gasteiger partial charge in [-0.1, -0.05) is 0 Å². The molecule has 0 radical (unpaired) electrons. The first-order chi connectivity index (χ1) is 7.23. The van der Waals surface area contributed by atoms with Gasteiger partial charge >= 0.3 is 0 Å². The highest BCUT2D eigenvalue weighted by atomic mass is 35.5. The molecule has 1 aliphatic rings. The Labute approximate surface area is 109 Å². The molecule has 7 heteroatoms. The second-order valence-corrected chi connectivity index (χ2v) is 6.99. The Balaban J connectivity index is 0.00000256. The minimum absolute atomic E-state index is 0. The van der Waals surface area contributed by atoms with E-state index in [0.717, 1.165) is 6.26 Å². The number of hydrogen-bond acceptors (Lipinski definition) is 4. The monoisotopic (exact) mass is 284 g/mol. The van der Waals surface area contributed by atoms with E-state index >= 15 is 0 Å². The predicted molar refractivity (Wildman–Crippen MR) is 70.2 cm³/mol. The quantitative estimate of drug-likeness (QED) is 0.778. The van der Waals surface area contributed by atoms with Crippen molar-refractivity contribution in [1.82, 2.24) is 10.2 Å². The lowest BCUT2D eigenvalue weighted by atomic mass is 10.1. The van der Waals surface area contributed by atoms with Crippen molar-refractivity contribution in [3.05, 3.63) is 0 Å². The average molecular weight is 285 g/mol. The minimum atomic E-state index is -3.30. The van der Waals surface area contributed by atoms with Gasteiger partial charge in [-0.05, 0) is 20.8 Å². The molecule has 1 N–H and O–H groups in total. The number of hydrogen-bond donors (Lipinski definition) is 1. The number of halogens is 1. The molecule has 3 unspecified atom stereocenters. The molecule has 1 heterocycles. The van der Waals surface area contributed by atoms with Gasteiger partial charge in [-0.25, -0.2) is 8.42 Å². The predicted octanol–water partition coefficient (Wildman–Crippen LogP) is 0.0501. The minimum Gasteiger partial charge on any atom is -0.336 e. The van der Waals surface area contributed by atoms with E-state index in [9.17, 15) is 13.2 Å². The molecule has 0 aromatic heterocycles. The Bertz CT molecular complexity index is 372. The van der Waals surface area contributed by atoms with Crippen LogP contribution in [0.1, 0.15) is 20.8 Å². The number of nitrogens with zero attached hydrogens (tertiary/aromatic N) is 1. The lowest BCUT2D eigenvalue weighted by Gasteiger charge is -2.38. The molecule has 1 amide bonds. The Morgan fingerprint density at radius 2 is 1.94 bits per heavy atom. The molecule has 1 aliphatic heterocycles. The third-order valence-corrected chi connectivity index (χ3v) is 4.52. The van der Waals surface area contributed by atoms with Crippen LogP contribution in [0, 0.1) is 0 Å². The topological polar surface area (TPSA) is 66.5 Å². The van der Waals surface area contributed by atoms with Gasteiger partial charge in [0.05, 0.1) is 0 Å². The van der Waals surface area contributed by atoms with E-state index < -0.39 is 15.1 Å². The van der Waals surface area contributed by atoms with Gasteiger partial charge in [-0.2, -0.15) is 0 Å². The number of nitrogens with one attached hydrogen (secondary N) is 1. The summed E-state index contributed by atoms with van der Waals surface area (Å²) in [5.74, 6) is -0.289. The van der Waals surface area contributed by atoms with Gasteiger partial charge in [0.25, 0.3) is 0 Å². The number of amides is 1. The Kier molecular flexibility index (Phi) is 5.90. The summed E-state index contributed by atoms with van der Waals surface area (Å²) in [4.78, 5) is 13.7. The molecule has 0 aromatic carbocycles. The van der Waals surface area contributed by atoms with Gasteiger partial charge < -0.3 is 10.2 Å². The van der Waals surface area contributed by atoms with Crippen LogP contribution in [0.15, 0.2) is 0 Å². The van der Waals surface area contributed by atoms with Crippen molar-refractivity contribution >= 4 is 28.2 Å². The summed E-state index contributed by atoms with van der Waals surface area (Å²) in [6.45, 7) is 6.64. The van der Waals surface area contributed by atoms with Gasteiger partial charge in [0.1, 0.15) is 5.25 Å². The van der Waals surface area contributed by atoms with Crippen LogP contribution in [0.5, 0.6) is 0 Å². The molecular weight excluding hydrogens is 264 g/mol. The zero-order valence-corrected chi connectivity index (χ0v) is 12.3. The molecule has 0 aromatic rings. The van der Waals surface area contributed by atoms with Gasteiger partial charge in [0.15, 0.2) is 9.84 Å². The molecule has 17 heavy (non-hydrogen) atoms. The van der Waals surface area contributed by atoms with Gasteiger partial charge in [-0.15, -0.1) is 12.4 Å². The normalized spacial score (nSPS) is 27.2. The van der Waals surface area contributed by atoms with Crippen LogP contribution in [0.4, 0.5) is 0 Å². The van der Waals surface area contributed by atoms with Gasteiger partial charge in [-0.3, -0.25) is 4.79 Å². The highest BCUT2D eigenvalue weighted by molar-refractivity contribution is 7.92. The first-order valence-corrected chi connectivity index (χ1v) is 7.41. The first-order valence-electron chi connectivity index (χ1n) is 5.46. The van der Waals surface area contributed by atoms with E-state index in [0.29, 0.717) is 13.1 Å². The second kappa shape index (κ2) is 6.02. The van der Waals surface area contributed by atoms with Crippen molar-refractivity contribution < 1.29 is 13.2 Å². The highest BCUT2D eigenvalue weighted by Gasteiger charge is 2.33. The molecule has 5 nitrogen and oxygen atoms in total. The molecular formula is C10H21ClN2O3S. The maximum absolute atomic E-state index is 12.0. The summed E-state index contributed by atoms with van der Waals surface area (Å²) in [7, 11) is -3.30. The molecule has 0 spiro atoms. The van der Waals surface area contributed by atoms with Crippen molar-refractivity contribution in [2.75, 3.05) is 19.3 Å². The fourth-order valence-corrected chi connectivity index (χ4v) is 2.25. The molecule has 0 bridgehead atoms. The molecule has 102 valence electrons. The van der Waals surface area contributed by atoms with Crippen LogP contribution >= 0.6 is 12.4 Å². The first kappa shape index (κ1) is 16.7. The SMILES string of the molecule is CC1CN(C(=O)C(C)S(C)(=O)=O)C(C)CN1.Cl. The van der Waals surface area contributed by atoms with E-state index in [1.165, 1.54) is 6.92 Å². The molecule has 0 saturated carbocycles. The van der Waals surface area contributed by atoms with E-state index in [2.05, 4.69) is 5.32 Å². The van der Waals surface area contributed by atoms with Crippen molar-refractivity contribution in [3.8, 4) is 0 Å². The van der Waals surface area contributed by atoms with Crippen LogP contribution < -0.4 is 5.32 Å². The largest absolute Gasteiger partial charge is 0.336 e. The number of piperazine rings is 1. The Morgan fingerprint density at radius 3 is 2.41 bits per heavy atom.